The average molecular weight is 437 g/mol. The molecule has 0 saturated carbocycles. The number of ether oxygens (including phenoxy) is 1. The predicted molar refractivity (Wildman–Crippen MR) is 131 cm³/mol. The van der Waals surface area contributed by atoms with Crippen molar-refractivity contribution < 1.29 is 9.53 Å². The number of hydrogen-bond donors (Lipinski definition) is 1. The van der Waals surface area contributed by atoms with Crippen LogP contribution >= 0.6 is 0 Å². The molecule has 3 heterocycles. The Bertz CT molecular complexity index is 1320. The summed E-state index contributed by atoms with van der Waals surface area (Å²) in [4.78, 5) is 23.0. The van der Waals surface area contributed by atoms with Crippen molar-refractivity contribution in [3.8, 4) is 0 Å². The number of hydrogen-bond acceptors (Lipinski definition) is 5. The minimum Gasteiger partial charge on any atom is -0.378 e. The monoisotopic (exact) mass is 436 g/mol. The van der Waals surface area contributed by atoms with Crippen LogP contribution in [0.5, 0.6) is 0 Å². The first-order chi connectivity index (χ1) is 16.3. The number of nitrogens with one attached hydrogen (secondary N) is 1. The molecule has 0 radical (unpaired) electrons. The van der Waals surface area contributed by atoms with Gasteiger partial charge < -0.3 is 15.0 Å². The van der Waals surface area contributed by atoms with Gasteiger partial charge in [-0.3, -0.25) is 9.69 Å². The number of fused-ring (bicyclic) bond motifs is 2. The second kappa shape index (κ2) is 8.22. The molecule has 0 aliphatic carbocycles. The zero-order valence-electron chi connectivity index (χ0n) is 18.1. The molecule has 0 bridgehead atoms. The van der Waals surface area contributed by atoms with Crippen molar-refractivity contribution in [2.24, 2.45) is 0 Å². The molecule has 2 aliphatic rings. The second-order valence-corrected chi connectivity index (χ2v) is 8.30. The molecule has 1 N–H and O–H groups in total. The third-order valence-electron chi connectivity index (χ3n) is 6.30. The van der Waals surface area contributed by atoms with E-state index in [-0.39, 0.29) is 5.91 Å². The number of pyridine rings is 1. The van der Waals surface area contributed by atoms with Gasteiger partial charge in [0, 0.05) is 35.4 Å². The average Bonchev–Trinajstić information content (AvgIpc) is 2.89. The molecule has 6 nitrogen and oxygen atoms in total. The Kier molecular flexibility index (Phi) is 4.92. The highest BCUT2D eigenvalue weighted by atomic mass is 16.5. The molecule has 33 heavy (non-hydrogen) atoms. The largest absolute Gasteiger partial charge is 0.378 e. The highest BCUT2D eigenvalue weighted by Gasteiger charge is 2.36. The summed E-state index contributed by atoms with van der Waals surface area (Å²) in [5, 5.41) is 4.69. The molecular formula is C27H24N4O2. The smallest absolute Gasteiger partial charge is 0.262 e. The molecule has 1 aromatic heterocycles. The summed E-state index contributed by atoms with van der Waals surface area (Å²) >= 11 is 0. The van der Waals surface area contributed by atoms with Gasteiger partial charge in [0.15, 0.2) is 0 Å². The van der Waals surface area contributed by atoms with Gasteiger partial charge >= 0.3 is 0 Å². The van der Waals surface area contributed by atoms with E-state index in [1.165, 1.54) is 0 Å². The van der Waals surface area contributed by atoms with Gasteiger partial charge in [0.1, 0.15) is 12.0 Å². The molecule has 1 saturated heterocycles. The maximum Gasteiger partial charge on any atom is 0.262 e. The zero-order valence-corrected chi connectivity index (χ0v) is 18.1. The van der Waals surface area contributed by atoms with E-state index in [4.69, 9.17) is 9.72 Å². The molecule has 0 spiro atoms. The Morgan fingerprint density at radius 3 is 2.45 bits per heavy atom. The molecule has 164 valence electrons. The fraction of sp³-hybridized carbons (Fsp3) is 0.185. The number of nitrogens with zero attached hydrogens (tertiary/aromatic N) is 3. The predicted octanol–water partition coefficient (Wildman–Crippen LogP) is 4.84. The van der Waals surface area contributed by atoms with Gasteiger partial charge in [-0.05, 0) is 36.4 Å². The van der Waals surface area contributed by atoms with E-state index in [0.29, 0.717) is 18.8 Å². The normalized spacial score (nSPS) is 18.2. The van der Waals surface area contributed by atoms with E-state index in [2.05, 4.69) is 22.3 Å². The summed E-state index contributed by atoms with van der Waals surface area (Å²) < 4.78 is 5.60. The first kappa shape index (κ1) is 19.8. The van der Waals surface area contributed by atoms with Gasteiger partial charge in [0.25, 0.3) is 5.91 Å². The zero-order chi connectivity index (χ0) is 22.2. The van der Waals surface area contributed by atoms with Crippen molar-refractivity contribution in [2.45, 2.75) is 6.17 Å². The van der Waals surface area contributed by atoms with Crippen LogP contribution in [-0.4, -0.2) is 37.2 Å². The van der Waals surface area contributed by atoms with Gasteiger partial charge in [0.2, 0.25) is 0 Å². The van der Waals surface area contributed by atoms with Gasteiger partial charge in [-0.25, -0.2) is 4.98 Å². The van der Waals surface area contributed by atoms with Crippen LogP contribution in [0.15, 0.2) is 84.9 Å². The number of aromatic nitrogens is 1. The van der Waals surface area contributed by atoms with Crippen molar-refractivity contribution in [1.29, 1.82) is 0 Å². The molecule has 1 amide bonds. The maximum absolute atomic E-state index is 13.8. The van der Waals surface area contributed by atoms with Gasteiger partial charge in [-0.15, -0.1) is 0 Å². The highest BCUT2D eigenvalue weighted by molar-refractivity contribution is 6.12. The van der Waals surface area contributed by atoms with Crippen LogP contribution in [0.2, 0.25) is 0 Å². The number of carbonyl (C=O) groups is 1. The van der Waals surface area contributed by atoms with E-state index in [1.807, 2.05) is 77.7 Å². The standard InChI is InChI=1S/C27H24N4O2/c32-27-21-11-5-7-13-24(21)29-26(31(27)20-9-2-1-3-10-20)22-18-19-8-4-6-12-23(19)28-25(22)30-14-16-33-17-15-30/h1-13,18,26,29H,14-17H2. The maximum atomic E-state index is 13.8. The van der Waals surface area contributed by atoms with Gasteiger partial charge in [-0.1, -0.05) is 48.5 Å². The van der Waals surface area contributed by atoms with Crippen molar-refractivity contribution in [3.63, 3.8) is 0 Å². The SMILES string of the molecule is O=C1c2ccccc2NC(c2cc3ccccc3nc2N2CCOCC2)N1c1ccccc1. The third-order valence-corrected chi connectivity index (χ3v) is 6.30. The van der Waals surface area contributed by atoms with Crippen LogP contribution in [-0.2, 0) is 4.74 Å². The lowest BCUT2D eigenvalue weighted by molar-refractivity contribution is 0.0974. The molecule has 6 rings (SSSR count). The van der Waals surface area contributed by atoms with Crippen molar-refractivity contribution in [2.75, 3.05) is 41.4 Å². The topological polar surface area (TPSA) is 57.7 Å². The van der Waals surface area contributed by atoms with Crippen molar-refractivity contribution >= 4 is 34.0 Å². The van der Waals surface area contributed by atoms with E-state index < -0.39 is 6.17 Å². The van der Waals surface area contributed by atoms with Crippen LogP contribution < -0.4 is 15.1 Å². The minimum absolute atomic E-state index is 0.0263. The van der Waals surface area contributed by atoms with Crippen LogP contribution in [0, 0.1) is 0 Å². The van der Waals surface area contributed by atoms with Crippen molar-refractivity contribution in [3.05, 3.63) is 96.1 Å². The number of amides is 1. The van der Waals surface area contributed by atoms with Crippen LogP contribution in [0.25, 0.3) is 10.9 Å². The van der Waals surface area contributed by atoms with E-state index in [1.54, 1.807) is 0 Å². The Morgan fingerprint density at radius 2 is 1.61 bits per heavy atom. The molecule has 4 aromatic rings. The third kappa shape index (κ3) is 3.49. The highest BCUT2D eigenvalue weighted by Crippen LogP contribution is 2.40. The molecule has 1 fully saturated rings. The Hall–Kier alpha value is -3.90. The quantitative estimate of drug-likeness (QED) is 0.498. The molecule has 1 unspecified atom stereocenters. The lowest BCUT2D eigenvalue weighted by Gasteiger charge is -2.40. The summed E-state index contributed by atoms with van der Waals surface area (Å²) in [5.74, 6) is 0.865. The number of para-hydroxylation sites is 3. The lowest BCUT2D eigenvalue weighted by Crippen LogP contribution is -2.45. The number of rotatable bonds is 3. The fourth-order valence-corrected chi connectivity index (χ4v) is 4.68. The van der Waals surface area contributed by atoms with Gasteiger partial charge in [0.05, 0.1) is 24.3 Å². The minimum atomic E-state index is -0.398. The first-order valence-electron chi connectivity index (χ1n) is 11.3. The summed E-state index contributed by atoms with van der Waals surface area (Å²) in [6.07, 6.45) is -0.398. The molecule has 3 aromatic carbocycles. The Balaban J connectivity index is 1.57. The van der Waals surface area contributed by atoms with E-state index >= 15 is 0 Å². The lowest BCUT2D eigenvalue weighted by atomic mass is 10.0. The van der Waals surface area contributed by atoms with Crippen LogP contribution in [0.1, 0.15) is 22.1 Å². The first-order valence-corrected chi connectivity index (χ1v) is 11.3. The van der Waals surface area contributed by atoms with Crippen LogP contribution in [0.3, 0.4) is 0 Å². The molecule has 6 heteroatoms. The van der Waals surface area contributed by atoms with Gasteiger partial charge in [-0.2, -0.15) is 0 Å². The summed E-state index contributed by atoms with van der Waals surface area (Å²) in [5.41, 5.74) is 4.26. The molecular weight excluding hydrogens is 412 g/mol. The molecule has 2 aliphatic heterocycles. The summed E-state index contributed by atoms with van der Waals surface area (Å²) in [7, 11) is 0. The van der Waals surface area contributed by atoms with E-state index in [9.17, 15) is 4.79 Å². The summed E-state index contributed by atoms with van der Waals surface area (Å²) in [6, 6.07) is 27.8. The second-order valence-electron chi connectivity index (χ2n) is 8.30. The van der Waals surface area contributed by atoms with E-state index in [0.717, 1.165) is 46.7 Å². The van der Waals surface area contributed by atoms with Crippen LogP contribution in [0.4, 0.5) is 17.2 Å². The molecule has 1 atom stereocenters. The number of morpholine rings is 1. The number of carbonyl (C=O) groups excluding carboxylic acids is 1. The number of anilines is 3. The van der Waals surface area contributed by atoms with Crippen molar-refractivity contribution in [1.82, 2.24) is 4.98 Å². The summed E-state index contributed by atoms with van der Waals surface area (Å²) in [6.45, 7) is 2.86. The number of benzene rings is 3. The Labute approximate surface area is 192 Å². The fourth-order valence-electron chi connectivity index (χ4n) is 4.68. The Morgan fingerprint density at radius 1 is 0.879 bits per heavy atom.